The number of rotatable bonds is 9. The highest BCUT2D eigenvalue weighted by Crippen LogP contribution is 2.28. The van der Waals surface area contributed by atoms with Crippen LogP contribution in [0.5, 0.6) is 23.0 Å². The summed E-state index contributed by atoms with van der Waals surface area (Å²) < 4.78 is 20.7. The topological polar surface area (TPSA) is 95.1 Å². The van der Waals surface area contributed by atoms with Crippen molar-refractivity contribution in [2.45, 2.75) is 0 Å². The Morgan fingerprint density at radius 1 is 0.643 bits per heavy atom. The van der Waals surface area contributed by atoms with Crippen molar-refractivity contribution in [1.29, 1.82) is 0 Å². The first kappa shape index (κ1) is 20.9. The van der Waals surface area contributed by atoms with Crippen molar-refractivity contribution >= 4 is 11.8 Å². The van der Waals surface area contributed by atoms with Gasteiger partial charge in [-0.1, -0.05) is 0 Å². The lowest BCUT2D eigenvalue weighted by atomic mass is 10.2. The summed E-state index contributed by atoms with van der Waals surface area (Å²) in [6.45, 7) is 0.540. The van der Waals surface area contributed by atoms with Crippen molar-refractivity contribution in [2.24, 2.45) is 0 Å². The molecule has 0 spiro atoms. The van der Waals surface area contributed by atoms with Gasteiger partial charge in [-0.15, -0.1) is 0 Å². The third-order valence-electron chi connectivity index (χ3n) is 3.99. The summed E-state index contributed by atoms with van der Waals surface area (Å²) in [6.07, 6.45) is 0. The molecule has 0 fully saturated rings. The van der Waals surface area contributed by atoms with Gasteiger partial charge in [0.15, 0.2) is 23.0 Å². The second-order valence-corrected chi connectivity index (χ2v) is 5.65. The molecule has 2 N–H and O–H groups in total. The summed E-state index contributed by atoms with van der Waals surface area (Å²) in [4.78, 5) is 24.5. The zero-order valence-electron chi connectivity index (χ0n) is 16.3. The number of methoxy groups -OCH3 is 4. The molecule has 2 amide bonds. The van der Waals surface area contributed by atoms with Crippen molar-refractivity contribution in [3.05, 3.63) is 47.5 Å². The minimum atomic E-state index is -0.277. The van der Waals surface area contributed by atoms with Gasteiger partial charge in [0.05, 0.1) is 28.4 Å². The van der Waals surface area contributed by atoms with E-state index in [4.69, 9.17) is 18.9 Å². The van der Waals surface area contributed by atoms with Gasteiger partial charge in [-0.3, -0.25) is 9.59 Å². The van der Waals surface area contributed by atoms with Crippen LogP contribution in [0.15, 0.2) is 36.4 Å². The molecule has 0 radical (unpaired) electrons. The van der Waals surface area contributed by atoms with E-state index in [-0.39, 0.29) is 24.9 Å². The Bertz CT molecular complexity index is 768. The molecule has 0 unspecified atom stereocenters. The number of hydrogen-bond donors (Lipinski definition) is 2. The monoisotopic (exact) mass is 388 g/mol. The number of benzene rings is 2. The van der Waals surface area contributed by atoms with E-state index < -0.39 is 0 Å². The van der Waals surface area contributed by atoms with Crippen molar-refractivity contribution < 1.29 is 28.5 Å². The molecule has 8 nitrogen and oxygen atoms in total. The first-order chi connectivity index (χ1) is 13.5. The molecule has 0 aliphatic rings. The van der Waals surface area contributed by atoms with Gasteiger partial charge in [0.1, 0.15) is 0 Å². The number of hydrogen-bond acceptors (Lipinski definition) is 6. The average molecular weight is 388 g/mol. The van der Waals surface area contributed by atoms with Gasteiger partial charge in [-0.05, 0) is 36.4 Å². The van der Waals surface area contributed by atoms with Crippen molar-refractivity contribution in [3.8, 4) is 23.0 Å². The van der Waals surface area contributed by atoms with Gasteiger partial charge in [0.25, 0.3) is 11.8 Å². The predicted molar refractivity (Wildman–Crippen MR) is 104 cm³/mol. The highest BCUT2D eigenvalue weighted by Gasteiger charge is 2.12. The normalized spacial score (nSPS) is 10.0. The van der Waals surface area contributed by atoms with Crippen LogP contribution in [0.4, 0.5) is 0 Å². The third kappa shape index (κ3) is 5.06. The quantitative estimate of drug-likeness (QED) is 0.637. The lowest BCUT2D eigenvalue weighted by Gasteiger charge is -2.11. The number of carbonyl (C=O) groups excluding carboxylic acids is 2. The molecule has 0 aromatic heterocycles. The maximum absolute atomic E-state index is 12.2. The van der Waals surface area contributed by atoms with Crippen LogP contribution >= 0.6 is 0 Å². The molecular formula is C20H24N2O6. The summed E-state index contributed by atoms with van der Waals surface area (Å²) in [5.41, 5.74) is 0.868. The SMILES string of the molecule is COc1ccc(C(=O)NCCNC(=O)c2ccc(OC)c(OC)c2)cc1OC. The smallest absolute Gasteiger partial charge is 0.251 e. The molecule has 28 heavy (non-hydrogen) atoms. The molecule has 0 aliphatic heterocycles. The fourth-order valence-electron chi connectivity index (χ4n) is 2.51. The molecule has 0 heterocycles. The van der Waals surface area contributed by atoms with E-state index in [2.05, 4.69) is 10.6 Å². The Balaban J connectivity index is 1.87. The lowest BCUT2D eigenvalue weighted by molar-refractivity contribution is 0.0927. The highest BCUT2D eigenvalue weighted by atomic mass is 16.5. The van der Waals surface area contributed by atoms with Gasteiger partial charge < -0.3 is 29.6 Å². The van der Waals surface area contributed by atoms with E-state index >= 15 is 0 Å². The van der Waals surface area contributed by atoms with Crippen molar-refractivity contribution in [3.63, 3.8) is 0 Å². The van der Waals surface area contributed by atoms with Crippen LogP contribution in [-0.2, 0) is 0 Å². The summed E-state index contributed by atoms with van der Waals surface area (Å²) in [7, 11) is 6.06. The number of ether oxygens (including phenoxy) is 4. The van der Waals surface area contributed by atoms with Gasteiger partial charge in [-0.2, -0.15) is 0 Å². The standard InChI is InChI=1S/C20H24N2O6/c1-25-15-7-5-13(11-17(15)27-3)19(23)21-9-10-22-20(24)14-6-8-16(26-2)18(12-14)28-4/h5-8,11-12H,9-10H2,1-4H3,(H,21,23)(H,22,24). The number of carbonyl (C=O) groups is 2. The Morgan fingerprint density at radius 2 is 1.00 bits per heavy atom. The maximum Gasteiger partial charge on any atom is 0.251 e. The molecule has 150 valence electrons. The summed E-state index contributed by atoms with van der Waals surface area (Å²) >= 11 is 0. The minimum Gasteiger partial charge on any atom is -0.493 e. The molecule has 8 heteroatoms. The predicted octanol–water partition coefficient (Wildman–Crippen LogP) is 1.88. The first-order valence-electron chi connectivity index (χ1n) is 8.54. The van der Waals surface area contributed by atoms with Crippen LogP contribution in [0.25, 0.3) is 0 Å². The van der Waals surface area contributed by atoms with Crippen LogP contribution in [0.1, 0.15) is 20.7 Å². The third-order valence-corrected chi connectivity index (χ3v) is 3.99. The molecule has 2 aromatic carbocycles. The molecule has 0 atom stereocenters. The van der Waals surface area contributed by atoms with E-state index in [1.165, 1.54) is 28.4 Å². The Morgan fingerprint density at radius 3 is 1.32 bits per heavy atom. The van der Waals surface area contributed by atoms with Gasteiger partial charge >= 0.3 is 0 Å². The van der Waals surface area contributed by atoms with Crippen LogP contribution in [0.3, 0.4) is 0 Å². The Labute approximate surface area is 163 Å². The largest absolute Gasteiger partial charge is 0.493 e. The average Bonchev–Trinajstić information content (AvgIpc) is 2.75. The summed E-state index contributed by atoms with van der Waals surface area (Å²) in [5, 5.41) is 5.48. The van der Waals surface area contributed by atoms with E-state index in [9.17, 15) is 9.59 Å². The van der Waals surface area contributed by atoms with Crippen molar-refractivity contribution in [2.75, 3.05) is 41.5 Å². The Hall–Kier alpha value is -3.42. The molecule has 2 rings (SSSR count). The van der Waals surface area contributed by atoms with Gasteiger partial charge in [-0.25, -0.2) is 0 Å². The molecule has 0 aliphatic carbocycles. The fraction of sp³-hybridized carbons (Fsp3) is 0.300. The highest BCUT2D eigenvalue weighted by molar-refractivity contribution is 5.96. The number of amides is 2. The fourth-order valence-corrected chi connectivity index (χ4v) is 2.51. The summed E-state index contributed by atoms with van der Waals surface area (Å²) in [5.74, 6) is 1.47. The zero-order chi connectivity index (χ0) is 20.5. The first-order valence-corrected chi connectivity index (χ1v) is 8.54. The number of nitrogens with one attached hydrogen (secondary N) is 2. The molecule has 0 bridgehead atoms. The van der Waals surface area contributed by atoms with Gasteiger partial charge in [0.2, 0.25) is 0 Å². The maximum atomic E-state index is 12.2. The van der Waals surface area contributed by atoms with E-state index in [1.807, 2.05) is 0 Å². The van der Waals surface area contributed by atoms with E-state index in [0.717, 1.165) is 0 Å². The second-order valence-electron chi connectivity index (χ2n) is 5.65. The molecule has 0 saturated carbocycles. The second kappa shape index (κ2) is 10.1. The van der Waals surface area contributed by atoms with Crippen LogP contribution in [-0.4, -0.2) is 53.3 Å². The van der Waals surface area contributed by atoms with Crippen molar-refractivity contribution in [1.82, 2.24) is 10.6 Å². The van der Waals surface area contributed by atoms with E-state index in [0.29, 0.717) is 34.1 Å². The van der Waals surface area contributed by atoms with E-state index in [1.54, 1.807) is 36.4 Å². The molecule has 0 saturated heterocycles. The lowest BCUT2D eigenvalue weighted by Crippen LogP contribution is -2.34. The zero-order valence-corrected chi connectivity index (χ0v) is 16.3. The van der Waals surface area contributed by atoms with Crippen LogP contribution in [0, 0.1) is 0 Å². The molecular weight excluding hydrogens is 364 g/mol. The van der Waals surface area contributed by atoms with Crippen LogP contribution in [0.2, 0.25) is 0 Å². The van der Waals surface area contributed by atoms with Gasteiger partial charge in [0, 0.05) is 24.2 Å². The minimum absolute atomic E-state index is 0.270. The summed E-state index contributed by atoms with van der Waals surface area (Å²) in [6, 6.07) is 9.78. The Kier molecular flexibility index (Phi) is 7.50. The van der Waals surface area contributed by atoms with Crippen LogP contribution < -0.4 is 29.6 Å². The molecule has 2 aromatic rings.